The first-order chi connectivity index (χ1) is 7.13. The van der Waals surface area contributed by atoms with Gasteiger partial charge in [0, 0.05) is 16.6 Å². The van der Waals surface area contributed by atoms with Crippen molar-refractivity contribution in [3.63, 3.8) is 0 Å². The van der Waals surface area contributed by atoms with E-state index < -0.39 is 16.8 Å². The van der Waals surface area contributed by atoms with E-state index in [-0.39, 0.29) is 5.76 Å². The van der Waals surface area contributed by atoms with Gasteiger partial charge in [-0.3, -0.25) is 4.21 Å². The Balaban J connectivity index is 2.50. The van der Waals surface area contributed by atoms with Crippen LogP contribution in [0.15, 0.2) is 16.5 Å². The maximum atomic E-state index is 11.5. The number of rotatable bonds is 6. The summed E-state index contributed by atoms with van der Waals surface area (Å²) in [5.41, 5.74) is 0. The predicted octanol–water partition coefficient (Wildman–Crippen LogP) is 2.03. The number of hydrogen-bond acceptors (Lipinski definition) is 3. The van der Waals surface area contributed by atoms with Crippen molar-refractivity contribution >= 4 is 16.8 Å². The van der Waals surface area contributed by atoms with Crippen LogP contribution < -0.4 is 0 Å². The fraction of sp³-hybridized carbons (Fsp3) is 0.500. The fourth-order valence-electron chi connectivity index (χ4n) is 1.11. The SMILES string of the molecule is CCCCS(=O)Cc1ccc(C(=O)O)o1. The minimum atomic E-state index is -1.10. The second-order valence-corrected chi connectivity index (χ2v) is 4.79. The lowest BCUT2D eigenvalue weighted by molar-refractivity contribution is 0.0661. The van der Waals surface area contributed by atoms with E-state index in [2.05, 4.69) is 0 Å². The van der Waals surface area contributed by atoms with Gasteiger partial charge >= 0.3 is 5.97 Å². The van der Waals surface area contributed by atoms with Gasteiger partial charge in [0.2, 0.25) is 5.76 Å². The number of furan rings is 1. The number of aromatic carboxylic acids is 1. The molecule has 1 atom stereocenters. The van der Waals surface area contributed by atoms with Gasteiger partial charge in [-0.15, -0.1) is 0 Å². The molecule has 0 aromatic carbocycles. The molecule has 1 aromatic rings. The van der Waals surface area contributed by atoms with Gasteiger partial charge in [-0.2, -0.15) is 0 Å². The minimum absolute atomic E-state index is 0.0995. The summed E-state index contributed by atoms with van der Waals surface area (Å²) in [6.45, 7) is 2.03. The lowest BCUT2D eigenvalue weighted by Gasteiger charge is -1.97. The number of carboxylic acid groups (broad SMARTS) is 1. The Hall–Kier alpha value is -1.10. The summed E-state index contributed by atoms with van der Waals surface area (Å²) in [4.78, 5) is 10.5. The van der Waals surface area contributed by atoms with Crippen molar-refractivity contribution in [2.45, 2.75) is 25.5 Å². The highest BCUT2D eigenvalue weighted by Gasteiger charge is 2.10. The lowest BCUT2D eigenvalue weighted by atomic mass is 10.4. The Morgan fingerprint density at radius 1 is 1.53 bits per heavy atom. The van der Waals surface area contributed by atoms with Crippen molar-refractivity contribution in [2.24, 2.45) is 0 Å². The second kappa shape index (κ2) is 5.70. The smallest absolute Gasteiger partial charge is 0.371 e. The van der Waals surface area contributed by atoms with Gasteiger partial charge in [-0.05, 0) is 18.6 Å². The molecule has 1 unspecified atom stereocenters. The van der Waals surface area contributed by atoms with Crippen LogP contribution in [-0.4, -0.2) is 21.0 Å². The highest BCUT2D eigenvalue weighted by atomic mass is 32.2. The molecule has 4 nitrogen and oxygen atoms in total. The number of carbonyl (C=O) groups is 1. The summed E-state index contributed by atoms with van der Waals surface area (Å²) in [6.07, 6.45) is 1.92. The molecule has 0 spiro atoms. The van der Waals surface area contributed by atoms with Crippen molar-refractivity contribution in [2.75, 3.05) is 5.75 Å². The molecule has 5 heteroatoms. The van der Waals surface area contributed by atoms with Crippen LogP contribution in [0.2, 0.25) is 0 Å². The fourth-order valence-corrected chi connectivity index (χ4v) is 2.33. The summed E-state index contributed by atoms with van der Waals surface area (Å²) in [6, 6.07) is 2.95. The van der Waals surface area contributed by atoms with Crippen molar-refractivity contribution < 1.29 is 18.5 Å². The van der Waals surface area contributed by atoms with Crippen LogP contribution in [0.1, 0.15) is 36.1 Å². The Kier molecular flexibility index (Phi) is 4.55. The number of carboxylic acids is 1. The highest BCUT2D eigenvalue weighted by molar-refractivity contribution is 7.84. The van der Waals surface area contributed by atoms with Crippen molar-refractivity contribution in [3.8, 4) is 0 Å². The molecule has 0 aliphatic heterocycles. The zero-order chi connectivity index (χ0) is 11.3. The first kappa shape index (κ1) is 12.0. The highest BCUT2D eigenvalue weighted by Crippen LogP contribution is 2.10. The van der Waals surface area contributed by atoms with Gasteiger partial charge in [0.25, 0.3) is 0 Å². The molecule has 84 valence electrons. The molecular weight excluding hydrogens is 216 g/mol. The second-order valence-electron chi connectivity index (χ2n) is 3.21. The van der Waals surface area contributed by atoms with Crippen LogP contribution in [0.3, 0.4) is 0 Å². The van der Waals surface area contributed by atoms with E-state index in [1.807, 2.05) is 6.92 Å². The van der Waals surface area contributed by atoms with Gasteiger partial charge < -0.3 is 9.52 Å². The third-order valence-corrected chi connectivity index (χ3v) is 3.25. The van der Waals surface area contributed by atoms with Crippen LogP contribution in [0.25, 0.3) is 0 Å². The molecule has 0 aliphatic rings. The van der Waals surface area contributed by atoms with Crippen LogP contribution in [0, 0.1) is 0 Å². The Morgan fingerprint density at radius 3 is 2.80 bits per heavy atom. The average Bonchev–Trinajstić information content (AvgIpc) is 2.63. The van der Waals surface area contributed by atoms with E-state index >= 15 is 0 Å². The molecule has 0 bridgehead atoms. The topological polar surface area (TPSA) is 67.5 Å². The molecular formula is C10H14O4S. The molecule has 1 N–H and O–H groups in total. The van der Waals surface area contributed by atoms with Gasteiger partial charge in [0.1, 0.15) is 5.76 Å². The van der Waals surface area contributed by atoms with E-state index in [1.165, 1.54) is 6.07 Å². The van der Waals surface area contributed by atoms with Crippen LogP contribution >= 0.6 is 0 Å². The molecule has 0 amide bonds. The summed E-state index contributed by atoms with van der Waals surface area (Å²) >= 11 is 0. The standard InChI is InChI=1S/C10H14O4S/c1-2-3-6-15(13)7-8-4-5-9(14-8)10(11)12/h4-5H,2-3,6-7H2,1H3,(H,11,12). The molecule has 0 fully saturated rings. The van der Waals surface area contributed by atoms with Gasteiger partial charge in [0.05, 0.1) is 5.75 Å². The minimum Gasteiger partial charge on any atom is -0.475 e. The Morgan fingerprint density at radius 2 is 2.27 bits per heavy atom. The predicted molar refractivity (Wildman–Crippen MR) is 57.3 cm³/mol. The molecule has 0 aliphatic carbocycles. The molecule has 1 rings (SSSR count). The number of unbranched alkanes of at least 4 members (excludes halogenated alkanes) is 1. The lowest BCUT2D eigenvalue weighted by Crippen LogP contribution is -2.00. The molecule has 1 aromatic heterocycles. The summed E-state index contributed by atoms with van der Waals surface area (Å²) < 4.78 is 16.5. The zero-order valence-corrected chi connectivity index (χ0v) is 9.38. The van der Waals surface area contributed by atoms with E-state index in [9.17, 15) is 9.00 Å². The third kappa shape index (κ3) is 3.87. The normalized spacial score (nSPS) is 12.6. The molecule has 15 heavy (non-hydrogen) atoms. The van der Waals surface area contributed by atoms with E-state index in [4.69, 9.17) is 9.52 Å². The summed E-state index contributed by atoms with van der Waals surface area (Å²) in [7, 11) is -0.957. The monoisotopic (exact) mass is 230 g/mol. The first-order valence-electron chi connectivity index (χ1n) is 4.80. The van der Waals surface area contributed by atoms with E-state index in [0.717, 1.165) is 12.8 Å². The molecule has 1 heterocycles. The number of hydrogen-bond donors (Lipinski definition) is 1. The van der Waals surface area contributed by atoms with Crippen molar-refractivity contribution in [1.82, 2.24) is 0 Å². The molecule has 0 radical (unpaired) electrons. The van der Waals surface area contributed by atoms with Gasteiger partial charge in [0.15, 0.2) is 0 Å². The zero-order valence-electron chi connectivity index (χ0n) is 8.56. The van der Waals surface area contributed by atoms with Gasteiger partial charge in [-0.25, -0.2) is 4.79 Å². The maximum Gasteiger partial charge on any atom is 0.371 e. The van der Waals surface area contributed by atoms with E-state index in [1.54, 1.807) is 6.07 Å². The van der Waals surface area contributed by atoms with Gasteiger partial charge in [-0.1, -0.05) is 13.3 Å². The molecule has 0 saturated carbocycles. The quantitative estimate of drug-likeness (QED) is 0.811. The summed E-state index contributed by atoms with van der Waals surface area (Å²) in [5.74, 6) is 0.215. The Bertz CT molecular complexity index is 356. The maximum absolute atomic E-state index is 11.5. The first-order valence-corrected chi connectivity index (χ1v) is 6.29. The van der Waals surface area contributed by atoms with Crippen LogP contribution in [0.5, 0.6) is 0 Å². The van der Waals surface area contributed by atoms with Crippen molar-refractivity contribution in [1.29, 1.82) is 0 Å². The summed E-state index contributed by atoms with van der Waals surface area (Å²) in [5, 5.41) is 8.60. The third-order valence-electron chi connectivity index (χ3n) is 1.90. The van der Waals surface area contributed by atoms with E-state index in [0.29, 0.717) is 17.3 Å². The van der Waals surface area contributed by atoms with Crippen LogP contribution in [-0.2, 0) is 16.6 Å². The Labute approximate surface area is 90.7 Å². The molecule has 0 saturated heterocycles. The van der Waals surface area contributed by atoms with Crippen molar-refractivity contribution in [3.05, 3.63) is 23.7 Å². The van der Waals surface area contributed by atoms with Crippen LogP contribution in [0.4, 0.5) is 0 Å². The largest absolute Gasteiger partial charge is 0.475 e. The average molecular weight is 230 g/mol.